The van der Waals surface area contributed by atoms with Gasteiger partial charge in [0.05, 0.1) is 23.6 Å². The van der Waals surface area contributed by atoms with Crippen LogP contribution in [0.15, 0.2) is 30.9 Å². The van der Waals surface area contributed by atoms with E-state index in [0.717, 1.165) is 17.7 Å². The molecule has 0 spiro atoms. The minimum atomic E-state index is -0.963. The number of aromatic nitrogens is 4. The van der Waals surface area contributed by atoms with Gasteiger partial charge in [-0.05, 0) is 0 Å². The van der Waals surface area contributed by atoms with E-state index in [9.17, 15) is 13.6 Å². The van der Waals surface area contributed by atoms with Crippen LogP contribution in [0.1, 0.15) is 5.56 Å². The second kappa shape index (κ2) is 5.79. The van der Waals surface area contributed by atoms with Gasteiger partial charge in [0.15, 0.2) is 11.6 Å². The van der Waals surface area contributed by atoms with Crippen LogP contribution in [-0.2, 0) is 24.9 Å². The van der Waals surface area contributed by atoms with Crippen molar-refractivity contribution in [1.29, 1.82) is 0 Å². The van der Waals surface area contributed by atoms with Gasteiger partial charge in [0.25, 0.3) is 0 Å². The first-order valence-electron chi connectivity index (χ1n) is 6.95. The highest BCUT2D eigenvalue weighted by Crippen LogP contribution is 2.17. The van der Waals surface area contributed by atoms with Crippen molar-refractivity contribution < 1.29 is 13.6 Å². The first-order chi connectivity index (χ1) is 10.9. The molecule has 3 rings (SSSR count). The first-order valence-corrected chi connectivity index (χ1v) is 6.95. The number of nitrogens with zero attached hydrogens (tertiary/aromatic N) is 5. The van der Waals surface area contributed by atoms with Crippen LogP contribution < -0.4 is 0 Å². The Hall–Kier alpha value is -2.77. The van der Waals surface area contributed by atoms with Crippen LogP contribution in [0.4, 0.5) is 8.78 Å². The quantitative estimate of drug-likeness (QED) is 0.735. The summed E-state index contributed by atoms with van der Waals surface area (Å²) in [6.07, 6.45) is 4.92. The SMILES string of the molecule is CN(Cc1cnn(C)c1)C(=O)Cn1cnc2cc(F)c(F)cc21. The maximum absolute atomic E-state index is 13.4. The summed E-state index contributed by atoms with van der Waals surface area (Å²) in [7, 11) is 3.48. The number of amides is 1. The largest absolute Gasteiger partial charge is 0.340 e. The molecule has 0 unspecified atom stereocenters. The van der Waals surface area contributed by atoms with Crippen LogP contribution in [0.5, 0.6) is 0 Å². The molecule has 0 bridgehead atoms. The Morgan fingerprint density at radius 3 is 2.74 bits per heavy atom. The molecule has 2 heterocycles. The van der Waals surface area contributed by atoms with Crippen molar-refractivity contribution in [2.75, 3.05) is 7.05 Å². The van der Waals surface area contributed by atoms with Crippen molar-refractivity contribution in [3.63, 3.8) is 0 Å². The van der Waals surface area contributed by atoms with Gasteiger partial charge in [-0.3, -0.25) is 9.48 Å². The topological polar surface area (TPSA) is 56.0 Å². The lowest BCUT2D eigenvalue weighted by molar-refractivity contribution is -0.131. The monoisotopic (exact) mass is 319 g/mol. The number of aryl methyl sites for hydroxylation is 1. The van der Waals surface area contributed by atoms with Crippen LogP contribution in [0, 0.1) is 11.6 Å². The predicted molar refractivity (Wildman–Crippen MR) is 79.3 cm³/mol. The highest BCUT2D eigenvalue weighted by atomic mass is 19.2. The molecule has 8 heteroatoms. The number of imidazole rings is 1. The molecule has 0 fully saturated rings. The third-order valence-corrected chi connectivity index (χ3v) is 3.57. The average Bonchev–Trinajstić information content (AvgIpc) is 3.07. The van der Waals surface area contributed by atoms with E-state index in [1.54, 1.807) is 29.9 Å². The number of rotatable bonds is 4. The van der Waals surface area contributed by atoms with Gasteiger partial charge in [-0.25, -0.2) is 13.8 Å². The number of benzene rings is 1. The summed E-state index contributed by atoms with van der Waals surface area (Å²) in [5, 5.41) is 4.05. The van der Waals surface area contributed by atoms with E-state index < -0.39 is 11.6 Å². The zero-order valence-corrected chi connectivity index (χ0v) is 12.7. The summed E-state index contributed by atoms with van der Waals surface area (Å²) >= 11 is 0. The second-order valence-corrected chi connectivity index (χ2v) is 5.40. The Kier molecular flexibility index (Phi) is 3.81. The number of likely N-dealkylation sites (N-methyl/N-ethyl adjacent to an activating group) is 1. The number of hydrogen-bond acceptors (Lipinski definition) is 3. The van der Waals surface area contributed by atoms with Crippen LogP contribution in [0.3, 0.4) is 0 Å². The average molecular weight is 319 g/mol. The Morgan fingerprint density at radius 2 is 2.04 bits per heavy atom. The van der Waals surface area contributed by atoms with Gasteiger partial charge in [-0.15, -0.1) is 0 Å². The normalized spacial score (nSPS) is 11.1. The van der Waals surface area contributed by atoms with E-state index in [-0.39, 0.29) is 12.5 Å². The minimum absolute atomic E-state index is 0.00165. The maximum atomic E-state index is 13.4. The molecule has 0 radical (unpaired) electrons. The highest BCUT2D eigenvalue weighted by Gasteiger charge is 2.14. The lowest BCUT2D eigenvalue weighted by Gasteiger charge is -2.16. The van der Waals surface area contributed by atoms with Gasteiger partial charge in [-0.2, -0.15) is 5.10 Å². The molecule has 0 saturated carbocycles. The summed E-state index contributed by atoms with van der Waals surface area (Å²) in [5.74, 6) is -2.09. The molecular weight excluding hydrogens is 304 g/mol. The molecular formula is C15H15F2N5O. The van der Waals surface area contributed by atoms with Crippen molar-refractivity contribution in [1.82, 2.24) is 24.2 Å². The number of fused-ring (bicyclic) bond motifs is 1. The number of hydrogen-bond donors (Lipinski definition) is 0. The summed E-state index contributed by atoms with van der Waals surface area (Å²) < 4.78 is 29.7. The lowest BCUT2D eigenvalue weighted by atomic mass is 10.3. The van der Waals surface area contributed by atoms with E-state index in [0.29, 0.717) is 17.6 Å². The zero-order valence-electron chi connectivity index (χ0n) is 12.7. The smallest absolute Gasteiger partial charge is 0.242 e. The molecule has 120 valence electrons. The van der Waals surface area contributed by atoms with Crippen LogP contribution >= 0.6 is 0 Å². The maximum Gasteiger partial charge on any atom is 0.242 e. The lowest BCUT2D eigenvalue weighted by Crippen LogP contribution is -2.29. The predicted octanol–water partition coefficient (Wildman–Crippen LogP) is 1.71. The molecule has 6 nitrogen and oxygen atoms in total. The molecule has 0 atom stereocenters. The molecule has 23 heavy (non-hydrogen) atoms. The van der Waals surface area contributed by atoms with Gasteiger partial charge in [-0.1, -0.05) is 0 Å². The fourth-order valence-electron chi connectivity index (χ4n) is 2.36. The molecule has 0 aliphatic carbocycles. The van der Waals surface area contributed by atoms with Crippen molar-refractivity contribution in [2.45, 2.75) is 13.1 Å². The van der Waals surface area contributed by atoms with E-state index >= 15 is 0 Å². The number of carbonyl (C=O) groups is 1. The van der Waals surface area contributed by atoms with E-state index in [1.807, 2.05) is 6.20 Å². The number of halogens is 2. The molecule has 3 aromatic rings. The Labute approximate surface area is 130 Å². The van der Waals surface area contributed by atoms with Gasteiger partial charge in [0.2, 0.25) is 5.91 Å². The molecule has 1 amide bonds. The summed E-state index contributed by atoms with van der Waals surface area (Å²) in [6.45, 7) is 0.417. The molecule has 1 aromatic carbocycles. The second-order valence-electron chi connectivity index (χ2n) is 5.40. The van der Waals surface area contributed by atoms with Crippen molar-refractivity contribution in [3.05, 3.63) is 48.1 Å². The fraction of sp³-hybridized carbons (Fsp3) is 0.267. The minimum Gasteiger partial charge on any atom is -0.340 e. The molecule has 0 aliphatic heterocycles. The van der Waals surface area contributed by atoms with Crippen molar-refractivity contribution >= 4 is 16.9 Å². The summed E-state index contributed by atoms with van der Waals surface area (Å²) in [5.41, 5.74) is 1.60. The van der Waals surface area contributed by atoms with Gasteiger partial charge in [0, 0.05) is 44.5 Å². The highest BCUT2D eigenvalue weighted by molar-refractivity contribution is 5.80. The van der Waals surface area contributed by atoms with Crippen molar-refractivity contribution in [3.8, 4) is 0 Å². The van der Waals surface area contributed by atoms with Crippen LogP contribution in [-0.4, -0.2) is 37.2 Å². The summed E-state index contributed by atoms with van der Waals surface area (Å²) in [4.78, 5) is 17.8. The standard InChI is InChI=1S/C15H15F2N5O/c1-20(6-10-5-19-21(2)7-10)15(23)8-22-9-18-13-3-11(16)12(17)4-14(13)22/h3-5,7,9H,6,8H2,1-2H3. The number of carbonyl (C=O) groups excluding carboxylic acids is 1. The zero-order chi connectivity index (χ0) is 16.6. The van der Waals surface area contributed by atoms with Crippen LogP contribution in [0.2, 0.25) is 0 Å². The van der Waals surface area contributed by atoms with Gasteiger partial charge >= 0.3 is 0 Å². The molecule has 2 aromatic heterocycles. The third-order valence-electron chi connectivity index (χ3n) is 3.57. The van der Waals surface area contributed by atoms with Crippen LogP contribution in [0.25, 0.3) is 11.0 Å². The molecule has 0 saturated heterocycles. The molecule has 0 N–H and O–H groups in total. The van der Waals surface area contributed by atoms with E-state index in [4.69, 9.17) is 0 Å². The summed E-state index contributed by atoms with van der Waals surface area (Å²) in [6, 6.07) is 2.07. The van der Waals surface area contributed by atoms with Crippen molar-refractivity contribution in [2.24, 2.45) is 7.05 Å². The van der Waals surface area contributed by atoms with Gasteiger partial charge in [0.1, 0.15) is 6.54 Å². The van der Waals surface area contributed by atoms with E-state index in [1.165, 1.54) is 10.9 Å². The Bertz CT molecular complexity index is 870. The fourth-order valence-corrected chi connectivity index (χ4v) is 2.36. The molecule has 0 aliphatic rings. The van der Waals surface area contributed by atoms with Gasteiger partial charge < -0.3 is 9.47 Å². The Balaban J connectivity index is 1.76. The third kappa shape index (κ3) is 3.05. The Morgan fingerprint density at radius 1 is 1.30 bits per heavy atom. The van der Waals surface area contributed by atoms with E-state index in [2.05, 4.69) is 10.1 Å². The first kappa shape index (κ1) is 15.1.